The maximum atomic E-state index is 8.91. The van der Waals surface area contributed by atoms with Crippen molar-refractivity contribution in [2.75, 3.05) is 0 Å². The van der Waals surface area contributed by atoms with E-state index in [2.05, 4.69) is 28.5 Å². The minimum absolute atomic E-state index is 0.695. The van der Waals surface area contributed by atoms with Crippen molar-refractivity contribution in [3.8, 4) is 6.07 Å². The molecule has 3 rings (SSSR count). The highest BCUT2D eigenvalue weighted by Gasteiger charge is 2.01. The van der Waals surface area contributed by atoms with Crippen LogP contribution in [-0.2, 0) is 13.1 Å². The maximum Gasteiger partial charge on any atom is 0.0991 e. The van der Waals surface area contributed by atoms with Crippen molar-refractivity contribution in [3.05, 3.63) is 77.6 Å². The summed E-state index contributed by atoms with van der Waals surface area (Å²) in [6.07, 6.45) is 3.79. The summed E-state index contributed by atoms with van der Waals surface area (Å²) >= 11 is 0. The van der Waals surface area contributed by atoms with E-state index in [4.69, 9.17) is 5.26 Å². The summed E-state index contributed by atoms with van der Waals surface area (Å²) in [7, 11) is 0. The van der Waals surface area contributed by atoms with Crippen LogP contribution in [0.25, 0.3) is 10.8 Å². The lowest BCUT2D eigenvalue weighted by atomic mass is 10.1. The minimum Gasteiger partial charge on any atom is -0.309 e. The quantitative estimate of drug-likeness (QED) is 0.792. The minimum atomic E-state index is 0.695. The number of aromatic nitrogens is 1. The zero-order valence-corrected chi connectivity index (χ0v) is 11.6. The Hall–Kier alpha value is -2.70. The van der Waals surface area contributed by atoms with E-state index in [1.807, 2.05) is 48.8 Å². The van der Waals surface area contributed by atoms with Crippen LogP contribution >= 0.6 is 0 Å². The third kappa shape index (κ3) is 3.07. The Kier molecular flexibility index (Phi) is 3.90. The lowest BCUT2D eigenvalue weighted by Crippen LogP contribution is -2.13. The zero-order valence-electron chi connectivity index (χ0n) is 11.6. The molecule has 1 heterocycles. The van der Waals surface area contributed by atoms with Crippen LogP contribution in [0.3, 0.4) is 0 Å². The highest BCUT2D eigenvalue weighted by molar-refractivity contribution is 5.84. The van der Waals surface area contributed by atoms with Crippen LogP contribution in [0.4, 0.5) is 0 Å². The second-order valence-electron chi connectivity index (χ2n) is 4.94. The van der Waals surface area contributed by atoms with E-state index in [0.717, 1.165) is 24.0 Å². The van der Waals surface area contributed by atoms with Crippen molar-refractivity contribution < 1.29 is 0 Å². The third-order valence-corrected chi connectivity index (χ3v) is 3.45. The van der Waals surface area contributed by atoms with Gasteiger partial charge in [-0.1, -0.05) is 36.4 Å². The summed E-state index contributed by atoms with van der Waals surface area (Å²) in [6.45, 7) is 1.49. The summed E-state index contributed by atoms with van der Waals surface area (Å²) in [6, 6.07) is 18.1. The largest absolute Gasteiger partial charge is 0.309 e. The Morgan fingerprint density at radius 1 is 1.00 bits per heavy atom. The SMILES string of the molecule is N#Cc1cccc(CNCc2cncc3ccccc23)c1. The first-order chi connectivity index (χ1) is 10.4. The van der Waals surface area contributed by atoms with Crippen LogP contribution < -0.4 is 5.32 Å². The first-order valence-corrected chi connectivity index (χ1v) is 6.88. The van der Waals surface area contributed by atoms with Gasteiger partial charge in [-0.15, -0.1) is 0 Å². The number of fused-ring (bicyclic) bond motifs is 1. The first-order valence-electron chi connectivity index (χ1n) is 6.88. The smallest absolute Gasteiger partial charge is 0.0991 e. The molecule has 3 aromatic rings. The van der Waals surface area contributed by atoms with Crippen LogP contribution in [0.5, 0.6) is 0 Å². The normalized spacial score (nSPS) is 10.4. The fourth-order valence-corrected chi connectivity index (χ4v) is 2.41. The van der Waals surface area contributed by atoms with E-state index in [1.54, 1.807) is 0 Å². The van der Waals surface area contributed by atoms with Gasteiger partial charge in [-0.25, -0.2) is 0 Å². The standard InChI is InChI=1S/C18H15N3/c19-9-14-4-3-5-15(8-14)10-20-12-17-13-21-11-16-6-1-2-7-18(16)17/h1-8,11,13,20H,10,12H2. The van der Waals surface area contributed by atoms with Gasteiger partial charge in [0, 0.05) is 30.9 Å². The Balaban J connectivity index is 1.71. The predicted molar refractivity (Wildman–Crippen MR) is 83.4 cm³/mol. The van der Waals surface area contributed by atoms with Gasteiger partial charge in [-0.05, 0) is 28.6 Å². The molecule has 0 saturated heterocycles. The number of benzene rings is 2. The fourth-order valence-electron chi connectivity index (χ4n) is 2.41. The Bertz CT molecular complexity index is 797. The number of pyridine rings is 1. The van der Waals surface area contributed by atoms with Crippen LogP contribution in [0, 0.1) is 11.3 Å². The number of hydrogen-bond acceptors (Lipinski definition) is 3. The average molecular weight is 273 g/mol. The first kappa shape index (κ1) is 13.3. The highest BCUT2D eigenvalue weighted by atomic mass is 14.9. The molecule has 0 saturated carbocycles. The van der Waals surface area contributed by atoms with Crippen LogP contribution in [-0.4, -0.2) is 4.98 Å². The summed E-state index contributed by atoms with van der Waals surface area (Å²) in [4.78, 5) is 4.28. The fraction of sp³-hybridized carbons (Fsp3) is 0.111. The molecular weight excluding hydrogens is 258 g/mol. The molecule has 0 fully saturated rings. The summed E-state index contributed by atoms with van der Waals surface area (Å²) in [5.41, 5.74) is 2.99. The van der Waals surface area contributed by atoms with Crippen LogP contribution in [0.1, 0.15) is 16.7 Å². The van der Waals surface area contributed by atoms with Gasteiger partial charge in [0.25, 0.3) is 0 Å². The van der Waals surface area contributed by atoms with E-state index < -0.39 is 0 Å². The molecule has 0 unspecified atom stereocenters. The lowest BCUT2D eigenvalue weighted by molar-refractivity contribution is 0.695. The molecule has 0 atom stereocenters. The molecule has 21 heavy (non-hydrogen) atoms. The molecule has 0 amide bonds. The van der Waals surface area contributed by atoms with Crippen molar-refractivity contribution in [1.29, 1.82) is 5.26 Å². The van der Waals surface area contributed by atoms with Gasteiger partial charge >= 0.3 is 0 Å². The summed E-state index contributed by atoms with van der Waals surface area (Å²) in [5, 5.41) is 14.7. The second-order valence-corrected chi connectivity index (χ2v) is 4.94. The number of nitrogens with one attached hydrogen (secondary N) is 1. The summed E-state index contributed by atoms with van der Waals surface area (Å²) < 4.78 is 0. The van der Waals surface area contributed by atoms with Gasteiger partial charge in [0.05, 0.1) is 11.6 Å². The molecule has 1 aromatic heterocycles. The molecular formula is C18H15N3. The van der Waals surface area contributed by atoms with Crippen molar-refractivity contribution in [3.63, 3.8) is 0 Å². The molecule has 3 heteroatoms. The third-order valence-electron chi connectivity index (χ3n) is 3.45. The van der Waals surface area contributed by atoms with Gasteiger partial charge in [0.1, 0.15) is 0 Å². The summed E-state index contributed by atoms with van der Waals surface area (Å²) in [5.74, 6) is 0. The van der Waals surface area contributed by atoms with Crippen LogP contribution in [0.2, 0.25) is 0 Å². The van der Waals surface area contributed by atoms with Crippen LogP contribution in [0.15, 0.2) is 60.9 Å². The molecule has 1 N–H and O–H groups in total. The van der Waals surface area contributed by atoms with E-state index in [1.165, 1.54) is 10.9 Å². The highest BCUT2D eigenvalue weighted by Crippen LogP contribution is 2.16. The molecule has 0 radical (unpaired) electrons. The number of hydrogen-bond donors (Lipinski definition) is 1. The second kappa shape index (κ2) is 6.17. The molecule has 0 aliphatic heterocycles. The molecule has 0 spiro atoms. The maximum absolute atomic E-state index is 8.91. The Morgan fingerprint density at radius 2 is 1.90 bits per heavy atom. The average Bonchev–Trinajstić information content (AvgIpc) is 2.55. The van der Waals surface area contributed by atoms with Gasteiger partial charge in [0.2, 0.25) is 0 Å². The van der Waals surface area contributed by atoms with Gasteiger partial charge in [0.15, 0.2) is 0 Å². The zero-order chi connectivity index (χ0) is 14.5. The molecule has 0 aliphatic rings. The van der Waals surface area contributed by atoms with Crippen molar-refractivity contribution in [2.24, 2.45) is 0 Å². The van der Waals surface area contributed by atoms with Gasteiger partial charge in [-0.2, -0.15) is 5.26 Å². The van der Waals surface area contributed by atoms with E-state index >= 15 is 0 Å². The van der Waals surface area contributed by atoms with E-state index in [0.29, 0.717) is 5.56 Å². The molecule has 2 aromatic carbocycles. The van der Waals surface area contributed by atoms with Gasteiger partial charge < -0.3 is 5.32 Å². The lowest BCUT2D eigenvalue weighted by Gasteiger charge is -2.08. The molecule has 0 bridgehead atoms. The number of nitrogens with zero attached hydrogens (tertiary/aromatic N) is 2. The van der Waals surface area contributed by atoms with E-state index in [-0.39, 0.29) is 0 Å². The van der Waals surface area contributed by atoms with Crippen molar-refractivity contribution in [1.82, 2.24) is 10.3 Å². The van der Waals surface area contributed by atoms with Gasteiger partial charge in [-0.3, -0.25) is 4.98 Å². The molecule has 0 aliphatic carbocycles. The number of rotatable bonds is 4. The molecule has 102 valence electrons. The Labute approximate surface area is 123 Å². The predicted octanol–water partition coefficient (Wildman–Crippen LogP) is 3.40. The van der Waals surface area contributed by atoms with Crippen molar-refractivity contribution in [2.45, 2.75) is 13.1 Å². The monoisotopic (exact) mass is 273 g/mol. The molecule has 3 nitrogen and oxygen atoms in total. The van der Waals surface area contributed by atoms with E-state index in [9.17, 15) is 0 Å². The Morgan fingerprint density at radius 3 is 2.81 bits per heavy atom. The van der Waals surface area contributed by atoms with Crippen molar-refractivity contribution >= 4 is 10.8 Å². The topological polar surface area (TPSA) is 48.7 Å². The number of nitriles is 1.